The molecule has 1 heterocycles. The van der Waals surface area contributed by atoms with Crippen LogP contribution in [0.25, 0.3) is 0 Å². The van der Waals surface area contributed by atoms with Gasteiger partial charge in [-0.1, -0.05) is 31.5 Å². The van der Waals surface area contributed by atoms with E-state index in [4.69, 9.17) is 21.1 Å². The zero-order valence-corrected chi connectivity index (χ0v) is 14.8. The number of aromatic nitrogens is 1. The Morgan fingerprint density at radius 1 is 1.33 bits per heavy atom. The molecule has 1 aromatic heterocycles. The average molecular weight is 349 g/mol. The molecule has 0 saturated heterocycles. The maximum absolute atomic E-state index is 12.3. The molecule has 1 N–H and O–H groups in total. The van der Waals surface area contributed by atoms with Gasteiger partial charge in [0.1, 0.15) is 5.82 Å². The van der Waals surface area contributed by atoms with E-state index in [0.717, 1.165) is 6.42 Å². The second-order valence-electron chi connectivity index (χ2n) is 5.69. The lowest BCUT2D eigenvalue weighted by Gasteiger charge is -2.15. The first-order valence-corrected chi connectivity index (χ1v) is 8.11. The van der Waals surface area contributed by atoms with E-state index in [-0.39, 0.29) is 5.91 Å². The Kier molecular flexibility index (Phi) is 6.44. The quantitative estimate of drug-likeness (QED) is 0.804. The van der Waals surface area contributed by atoms with Gasteiger partial charge >= 0.3 is 0 Å². The first-order chi connectivity index (χ1) is 11.5. The Balaban J connectivity index is 2.17. The number of halogens is 1. The molecule has 24 heavy (non-hydrogen) atoms. The zero-order valence-electron chi connectivity index (χ0n) is 14.0. The third-order valence-corrected chi connectivity index (χ3v) is 3.62. The number of pyridine rings is 1. The summed E-state index contributed by atoms with van der Waals surface area (Å²) in [5.74, 6) is 1.56. The summed E-state index contributed by atoms with van der Waals surface area (Å²) in [4.78, 5) is 16.4. The molecule has 0 atom stereocenters. The Bertz CT molecular complexity index is 690. The number of carbonyl (C=O) groups excluding carboxylic acids is 1. The highest BCUT2D eigenvalue weighted by molar-refractivity contribution is 6.32. The summed E-state index contributed by atoms with van der Waals surface area (Å²) >= 11 is 6.28. The normalized spacial score (nSPS) is 10.5. The summed E-state index contributed by atoms with van der Waals surface area (Å²) in [7, 11) is 1.52. The van der Waals surface area contributed by atoms with Gasteiger partial charge in [0.2, 0.25) is 0 Å². The van der Waals surface area contributed by atoms with Gasteiger partial charge in [0.05, 0.1) is 18.7 Å². The van der Waals surface area contributed by atoms with Gasteiger partial charge in [0, 0.05) is 11.8 Å². The number of benzene rings is 1. The largest absolute Gasteiger partial charge is 0.493 e. The van der Waals surface area contributed by atoms with E-state index in [1.54, 1.807) is 36.5 Å². The van der Waals surface area contributed by atoms with Gasteiger partial charge in [-0.25, -0.2) is 4.98 Å². The predicted octanol–water partition coefficient (Wildman–Crippen LogP) is 4.42. The molecule has 5 nitrogen and oxygen atoms in total. The van der Waals surface area contributed by atoms with Crippen molar-refractivity contribution in [3.8, 4) is 11.5 Å². The van der Waals surface area contributed by atoms with Gasteiger partial charge in [0.15, 0.2) is 11.5 Å². The lowest BCUT2D eigenvalue weighted by atomic mass is 10.1. The van der Waals surface area contributed by atoms with Crippen molar-refractivity contribution in [3.05, 3.63) is 47.1 Å². The number of rotatable bonds is 7. The van der Waals surface area contributed by atoms with Crippen LogP contribution in [0.15, 0.2) is 36.5 Å². The Hall–Kier alpha value is -2.27. The number of hydrogen-bond donors (Lipinski definition) is 1. The van der Waals surface area contributed by atoms with Gasteiger partial charge in [-0.05, 0) is 36.6 Å². The van der Waals surface area contributed by atoms with Crippen molar-refractivity contribution < 1.29 is 14.3 Å². The summed E-state index contributed by atoms with van der Waals surface area (Å²) in [6, 6.07) is 8.45. The van der Waals surface area contributed by atoms with Crippen molar-refractivity contribution in [2.24, 2.45) is 5.92 Å². The van der Waals surface area contributed by atoms with Gasteiger partial charge < -0.3 is 14.8 Å². The molecule has 0 saturated carbocycles. The van der Waals surface area contributed by atoms with E-state index in [0.29, 0.717) is 40.4 Å². The fourth-order valence-electron chi connectivity index (χ4n) is 2.01. The second kappa shape index (κ2) is 8.55. The smallest absolute Gasteiger partial charge is 0.257 e. The number of carbonyl (C=O) groups is 1. The van der Waals surface area contributed by atoms with Gasteiger partial charge in [-0.3, -0.25) is 4.79 Å². The van der Waals surface area contributed by atoms with Crippen LogP contribution in [0.4, 0.5) is 5.82 Å². The van der Waals surface area contributed by atoms with Crippen molar-refractivity contribution in [1.29, 1.82) is 0 Å². The molecule has 1 amide bonds. The second-order valence-corrected chi connectivity index (χ2v) is 6.10. The number of hydrogen-bond acceptors (Lipinski definition) is 4. The van der Waals surface area contributed by atoms with Crippen molar-refractivity contribution >= 4 is 23.3 Å². The first-order valence-electron chi connectivity index (χ1n) is 7.74. The summed E-state index contributed by atoms with van der Waals surface area (Å²) in [5.41, 5.74) is 0.374. The van der Waals surface area contributed by atoms with Crippen molar-refractivity contribution in [2.45, 2.75) is 20.3 Å². The maximum atomic E-state index is 12.3. The summed E-state index contributed by atoms with van der Waals surface area (Å²) < 4.78 is 11.0. The molecular weight excluding hydrogens is 328 g/mol. The van der Waals surface area contributed by atoms with Crippen LogP contribution in [0.1, 0.15) is 30.6 Å². The monoisotopic (exact) mass is 348 g/mol. The summed E-state index contributed by atoms with van der Waals surface area (Å²) in [6.07, 6.45) is 2.51. The van der Waals surface area contributed by atoms with Crippen molar-refractivity contribution in [1.82, 2.24) is 4.98 Å². The van der Waals surface area contributed by atoms with Gasteiger partial charge in [0.25, 0.3) is 5.91 Å². The third-order valence-electron chi connectivity index (χ3n) is 3.34. The van der Waals surface area contributed by atoms with Gasteiger partial charge in [-0.2, -0.15) is 0 Å². The standard InChI is InChI=1S/C18H21ClN2O3/c1-12(2)7-9-24-17-14(19)10-13(11-15(17)23-3)18(22)21-16-6-4-5-8-20-16/h4-6,8,10-12H,7,9H2,1-3H3,(H,20,21,22). The van der Waals surface area contributed by atoms with Crippen LogP contribution in [0.3, 0.4) is 0 Å². The predicted molar refractivity (Wildman–Crippen MR) is 95.1 cm³/mol. The lowest BCUT2D eigenvalue weighted by Crippen LogP contribution is -2.13. The van der Waals surface area contributed by atoms with Gasteiger partial charge in [-0.15, -0.1) is 0 Å². The van der Waals surface area contributed by atoms with E-state index in [2.05, 4.69) is 24.1 Å². The maximum Gasteiger partial charge on any atom is 0.257 e. The highest BCUT2D eigenvalue weighted by Gasteiger charge is 2.16. The number of nitrogens with zero attached hydrogens (tertiary/aromatic N) is 1. The van der Waals surface area contributed by atoms with Crippen LogP contribution < -0.4 is 14.8 Å². The summed E-state index contributed by atoms with van der Waals surface area (Å²) in [5, 5.41) is 3.05. The minimum absolute atomic E-state index is 0.317. The number of nitrogens with one attached hydrogen (secondary N) is 1. The highest BCUT2D eigenvalue weighted by atomic mass is 35.5. The Morgan fingerprint density at radius 2 is 2.12 bits per heavy atom. The Labute approximate surface area is 147 Å². The average Bonchev–Trinajstić information content (AvgIpc) is 2.56. The summed E-state index contributed by atoms with van der Waals surface area (Å²) in [6.45, 7) is 4.77. The van der Waals surface area contributed by atoms with Crippen LogP contribution in [0, 0.1) is 5.92 Å². The topological polar surface area (TPSA) is 60.5 Å². The Morgan fingerprint density at radius 3 is 2.75 bits per heavy atom. The van der Waals surface area contributed by atoms with E-state index in [1.807, 2.05) is 0 Å². The first kappa shape index (κ1) is 18.1. The molecule has 128 valence electrons. The van der Waals surface area contributed by atoms with E-state index in [1.165, 1.54) is 7.11 Å². The molecule has 2 rings (SSSR count). The van der Waals surface area contributed by atoms with Crippen LogP contribution >= 0.6 is 11.6 Å². The number of methoxy groups -OCH3 is 1. The van der Waals surface area contributed by atoms with E-state index in [9.17, 15) is 4.79 Å². The third kappa shape index (κ3) is 4.86. The van der Waals surface area contributed by atoms with Crippen LogP contribution in [0.5, 0.6) is 11.5 Å². The molecular formula is C18H21ClN2O3. The SMILES string of the molecule is COc1cc(C(=O)Nc2ccccn2)cc(Cl)c1OCCC(C)C. The molecule has 0 aliphatic rings. The highest BCUT2D eigenvalue weighted by Crippen LogP contribution is 2.36. The molecule has 2 aromatic rings. The molecule has 0 aliphatic carbocycles. The molecule has 6 heteroatoms. The molecule has 0 radical (unpaired) electrons. The molecule has 0 aliphatic heterocycles. The lowest BCUT2D eigenvalue weighted by molar-refractivity contribution is 0.102. The number of amides is 1. The molecule has 0 bridgehead atoms. The van der Waals surface area contributed by atoms with Crippen molar-refractivity contribution in [3.63, 3.8) is 0 Å². The van der Waals surface area contributed by atoms with Crippen LogP contribution in [-0.2, 0) is 0 Å². The zero-order chi connectivity index (χ0) is 17.5. The minimum Gasteiger partial charge on any atom is -0.493 e. The fraction of sp³-hybridized carbons (Fsp3) is 0.333. The van der Waals surface area contributed by atoms with E-state index >= 15 is 0 Å². The van der Waals surface area contributed by atoms with E-state index < -0.39 is 0 Å². The van der Waals surface area contributed by atoms with Crippen LogP contribution in [-0.4, -0.2) is 24.6 Å². The van der Waals surface area contributed by atoms with Crippen LogP contribution in [0.2, 0.25) is 5.02 Å². The molecule has 0 fully saturated rings. The molecule has 0 unspecified atom stereocenters. The fourth-order valence-corrected chi connectivity index (χ4v) is 2.28. The molecule has 0 spiro atoms. The number of anilines is 1. The van der Waals surface area contributed by atoms with Crippen molar-refractivity contribution in [2.75, 3.05) is 19.0 Å². The number of ether oxygens (including phenoxy) is 2. The molecule has 1 aromatic carbocycles. The minimum atomic E-state index is -0.317.